The Hall–Kier alpha value is -2.62. The minimum atomic E-state index is 0.215. The molecular formula is C16H15NO3. The number of aryl methyl sites for hydroxylation is 1. The highest BCUT2D eigenvalue weighted by molar-refractivity contribution is 5.87. The number of rotatable bonds is 3. The molecule has 0 atom stereocenters. The first kappa shape index (κ1) is 12.4. The summed E-state index contributed by atoms with van der Waals surface area (Å²) < 4.78 is 7.68. The number of phenolic OH excluding ortho intramolecular Hbond substituents is 2. The molecule has 2 aromatic carbocycles. The van der Waals surface area contributed by atoms with Gasteiger partial charge in [-0.25, -0.2) is 0 Å². The lowest BCUT2D eigenvalue weighted by molar-refractivity contribution is 0.297. The highest BCUT2D eigenvalue weighted by Crippen LogP contribution is 2.27. The normalized spacial score (nSPS) is 10.8. The Morgan fingerprint density at radius 3 is 2.50 bits per heavy atom. The monoisotopic (exact) mass is 269 g/mol. The van der Waals surface area contributed by atoms with Gasteiger partial charge in [0, 0.05) is 12.4 Å². The van der Waals surface area contributed by atoms with Crippen molar-refractivity contribution >= 4 is 10.9 Å². The summed E-state index contributed by atoms with van der Waals surface area (Å²) in [6.07, 6.45) is 0. The predicted molar refractivity (Wildman–Crippen MR) is 77.0 cm³/mol. The van der Waals surface area contributed by atoms with Crippen LogP contribution in [-0.4, -0.2) is 14.8 Å². The standard InChI is InChI=1S/C16H15NO3/c1-17-11(9-14-15(17)3-2-4-16(14)19)10-20-13-7-5-12(18)6-8-13/h2-9,18-19H,10H2,1H3. The lowest BCUT2D eigenvalue weighted by Crippen LogP contribution is -2.01. The third kappa shape index (κ3) is 2.16. The molecule has 0 saturated heterocycles. The molecule has 4 heteroatoms. The third-order valence-electron chi connectivity index (χ3n) is 3.39. The maximum atomic E-state index is 9.84. The smallest absolute Gasteiger partial charge is 0.128 e. The third-order valence-corrected chi connectivity index (χ3v) is 3.39. The summed E-state index contributed by atoms with van der Waals surface area (Å²) in [5.74, 6) is 1.18. The Kier molecular flexibility index (Phi) is 2.99. The molecule has 4 nitrogen and oxygen atoms in total. The molecule has 20 heavy (non-hydrogen) atoms. The van der Waals surface area contributed by atoms with Crippen molar-refractivity contribution in [2.75, 3.05) is 0 Å². The van der Waals surface area contributed by atoms with E-state index in [0.717, 1.165) is 16.6 Å². The molecule has 1 heterocycles. The summed E-state index contributed by atoms with van der Waals surface area (Å²) in [5, 5.41) is 19.9. The molecule has 1 aromatic heterocycles. The fourth-order valence-corrected chi connectivity index (χ4v) is 2.24. The van der Waals surface area contributed by atoms with Crippen molar-refractivity contribution in [2.45, 2.75) is 6.61 Å². The van der Waals surface area contributed by atoms with Crippen LogP contribution < -0.4 is 4.74 Å². The zero-order valence-corrected chi connectivity index (χ0v) is 11.1. The van der Waals surface area contributed by atoms with Crippen molar-refractivity contribution in [3.05, 3.63) is 54.2 Å². The van der Waals surface area contributed by atoms with Gasteiger partial charge in [0.2, 0.25) is 0 Å². The molecule has 3 rings (SSSR count). The first-order chi connectivity index (χ1) is 9.65. The van der Waals surface area contributed by atoms with E-state index in [-0.39, 0.29) is 11.5 Å². The van der Waals surface area contributed by atoms with Crippen LogP contribution in [0.3, 0.4) is 0 Å². The van der Waals surface area contributed by atoms with E-state index in [1.54, 1.807) is 30.3 Å². The van der Waals surface area contributed by atoms with E-state index in [0.29, 0.717) is 12.4 Å². The van der Waals surface area contributed by atoms with Crippen LogP contribution in [0.1, 0.15) is 5.69 Å². The Bertz CT molecular complexity index is 744. The van der Waals surface area contributed by atoms with Crippen LogP contribution in [0.2, 0.25) is 0 Å². The molecule has 2 N–H and O–H groups in total. The van der Waals surface area contributed by atoms with Crippen LogP contribution in [0.15, 0.2) is 48.5 Å². The van der Waals surface area contributed by atoms with Gasteiger partial charge in [-0.2, -0.15) is 0 Å². The SMILES string of the molecule is Cn1c(COc2ccc(O)cc2)cc2c(O)cccc21. The fourth-order valence-electron chi connectivity index (χ4n) is 2.24. The van der Waals surface area contributed by atoms with Crippen molar-refractivity contribution < 1.29 is 14.9 Å². The summed E-state index contributed by atoms with van der Waals surface area (Å²) in [4.78, 5) is 0. The van der Waals surface area contributed by atoms with Gasteiger partial charge in [-0.3, -0.25) is 0 Å². The lowest BCUT2D eigenvalue weighted by Gasteiger charge is -2.07. The van der Waals surface area contributed by atoms with Crippen LogP contribution in [0.4, 0.5) is 0 Å². The van der Waals surface area contributed by atoms with Crippen LogP contribution in [0.5, 0.6) is 17.2 Å². The highest BCUT2D eigenvalue weighted by atomic mass is 16.5. The quantitative estimate of drug-likeness (QED) is 0.768. The van der Waals surface area contributed by atoms with Crippen molar-refractivity contribution in [3.63, 3.8) is 0 Å². The van der Waals surface area contributed by atoms with Crippen LogP contribution >= 0.6 is 0 Å². The number of hydrogen-bond donors (Lipinski definition) is 2. The Balaban J connectivity index is 1.86. The van der Waals surface area contributed by atoms with Gasteiger partial charge < -0.3 is 19.5 Å². The van der Waals surface area contributed by atoms with Gasteiger partial charge in [-0.1, -0.05) is 6.07 Å². The average molecular weight is 269 g/mol. The van der Waals surface area contributed by atoms with E-state index in [2.05, 4.69) is 0 Å². The Morgan fingerprint density at radius 1 is 1.05 bits per heavy atom. The maximum absolute atomic E-state index is 9.84. The molecule has 0 spiro atoms. The summed E-state index contributed by atoms with van der Waals surface area (Å²) >= 11 is 0. The molecule has 0 unspecified atom stereocenters. The number of ether oxygens (including phenoxy) is 1. The van der Waals surface area contributed by atoms with Crippen molar-refractivity contribution in [3.8, 4) is 17.2 Å². The summed E-state index contributed by atoms with van der Waals surface area (Å²) in [6, 6.07) is 14.0. The molecule has 0 aliphatic heterocycles. The number of phenols is 2. The van der Waals surface area contributed by atoms with Gasteiger partial charge in [0.25, 0.3) is 0 Å². The van der Waals surface area contributed by atoms with Gasteiger partial charge in [-0.05, 0) is 42.5 Å². The van der Waals surface area contributed by atoms with E-state index >= 15 is 0 Å². The largest absolute Gasteiger partial charge is 0.508 e. The Labute approximate surface area is 116 Å². The fraction of sp³-hybridized carbons (Fsp3) is 0.125. The van der Waals surface area contributed by atoms with Crippen LogP contribution in [0.25, 0.3) is 10.9 Å². The van der Waals surface area contributed by atoms with Crippen LogP contribution in [0, 0.1) is 0 Å². The Morgan fingerprint density at radius 2 is 1.80 bits per heavy atom. The van der Waals surface area contributed by atoms with Crippen molar-refractivity contribution in [1.29, 1.82) is 0 Å². The van der Waals surface area contributed by atoms with E-state index in [1.165, 1.54) is 0 Å². The molecule has 0 radical (unpaired) electrons. The maximum Gasteiger partial charge on any atom is 0.128 e. The second-order valence-electron chi connectivity index (χ2n) is 4.69. The molecule has 0 bridgehead atoms. The molecule has 0 fully saturated rings. The average Bonchev–Trinajstić information content (AvgIpc) is 2.77. The molecule has 0 amide bonds. The summed E-state index contributed by atoms with van der Waals surface area (Å²) in [6.45, 7) is 0.398. The van der Waals surface area contributed by atoms with Gasteiger partial charge in [-0.15, -0.1) is 0 Å². The second-order valence-corrected chi connectivity index (χ2v) is 4.69. The number of benzene rings is 2. The van der Waals surface area contributed by atoms with Gasteiger partial charge >= 0.3 is 0 Å². The molecule has 3 aromatic rings. The van der Waals surface area contributed by atoms with Gasteiger partial charge in [0.15, 0.2) is 0 Å². The molecular weight excluding hydrogens is 254 g/mol. The zero-order valence-electron chi connectivity index (χ0n) is 11.1. The van der Waals surface area contributed by atoms with Crippen molar-refractivity contribution in [1.82, 2.24) is 4.57 Å². The predicted octanol–water partition coefficient (Wildman–Crippen LogP) is 3.17. The highest BCUT2D eigenvalue weighted by Gasteiger charge is 2.09. The number of nitrogens with zero attached hydrogens (tertiary/aromatic N) is 1. The number of fused-ring (bicyclic) bond motifs is 1. The number of aromatic nitrogens is 1. The van der Waals surface area contributed by atoms with E-state index in [4.69, 9.17) is 4.74 Å². The van der Waals surface area contributed by atoms with E-state index in [1.807, 2.05) is 29.8 Å². The van der Waals surface area contributed by atoms with Crippen molar-refractivity contribution in [2.24, 2.45) is 7.05 Å². The lowest BCUT2D eigenvalue weighted by atomic mass is 10.2. The minimum absolute atomic E-state index is 0.215. The topological polar surface area (TPSA) is 54.6 Å². The molecule has 0 aliphatic carbocycles. The molecule has 0 saturated carbocycles. The van der Waals surface area contributed by atoms with Crippen LogP contribution in [-0.2, 0) is 13.7 Å². The number of hydrogen-bond acceptors (Lipinski definition) is 3. The summed E-state index contributed by atoms with van der Waals surface area (Å²) in [5.41, 5.74) is 1.93. The minimum Gasteiger partial charge on any atom is -0.508 e. The first-order valence-corrected chi connectivity index (χ1v) is 6.33. The molecule has 102 valence electrons. The summed E-state index contributed by atoms with van der Waals surface area (Å²) in [7, 11) is 1.94. The van der Waals surface area contributed by atoms with E-state index in [9.17, 15) is 10.2 Å². The molecule has 0 aliphatic rings. The zero-order chi connectivity index (χ0) is 14.1. The second kappa shape index (κ2) is 4.81. The van der Waals surface area contributed by atoms with Gasteiger partial charge in [0.05, 0.1) is 11.2 Å². The van der Waals surface area contributed by atoms with Gasteiger partial charge in [0.1, 0.15) is 23.9 Å². The first-order valence-electron chi connectivity index (χ1n) is 6.33. The van der Waals surface area contributed by atoms with E-state index < -0.39 is 0 Å². The number of aromatic hydroxyl groups is 2.